The highest BCUT2D eigenvalue weighted by atomic mass is 32.1. The Kier molecular flexibility index (Phi) is 4.81. The van der Waals surface area contributed by atoms with Crippen molar-refractivity contribution in [2.24, 2.45) is 0 Å². The zero-order valence-corrected chi connectivity index (χ0v) is 18.6. The molecule has 0 aliphatic carbocycles. The number of thiophene rings is 1. The molecule has 0 N–H and O–H groups in total. The van der Waals surface area contributed by atoms with Crippen LogP contribution in [0.25, 0.3) is 47.4 Å². The Bertz CT molecular complexity index is 1480. The fourth-order valence-electron chi connectivity index (χ4n) is 4.25. The van der Waals surface area contributed by atoms with Crippen molar-refractivity contribution in [3.8, 4) is 21.7 Å². The van der Waals surface area contributed by atoms with E-state index in [2.05, 4.69) is 80.2 Å². The van der Waals surface area contributed by atoms with Crippen LogP contribution in [0.4, 0.5) is 5.69 Å². The minimum absolute atomic E-state index is 0.437. The average Bonchev–Trinajstić information content (AvgIpc) is 3.22. The molecule has 0 bridgehead atoms. The summed E-state index contributed by atoms with van der Waals surface area (Å²) >= 11 is 1.78. The van der Waals surface area contributed by atoms with E-state index in [0.717, 1.165) is 11.3 Å². The molecule has 2 heterocycles. The van der Waals surface area contributed by atoms with Crippen molar-refractivity contribution in [2.75, 3.05) is 0 Å². The maximum absolute atomic E-state index is 7.25. The standard InChI is InChI=1S/C28H22N2S/c1-17(2)25-15-21(14-19-7-5-6-8-24(19)25)27-28-20(11-12-30-27)16-26(31-28)23-10-9-22(29-4)13-18(23)3/h5-17H,1-3H3. The summed E-state index contributed by atoms with van der Waals surface area (Å²) in [6.07, 6.45) is 1.91. The zero-order chi connectivity index (χ0) is 21.5. The molecule has 0 radical (unpaired) electrons. The van der Waals surface area contributed by atoms with Crippen LogP contribution >= 0.6 is 11.3 Å². The van der Waals surface area contributed by atoms with E-state index in [9.17, 15) is 0 Å². The van der Waals surface area contributed by atoms with Gasteiger partial charge in [0.1, 0.15) is 0 Å². The van der Waals surface area contributed by atoms with Gasteiger partial charge in [-0.3, -0.25) is 4.98 Å². The zero-order valence-electron chi connectivity index (χ0n) is 17.8. The normalized spacial score (nSPS) is 11.3. The van der Waals surface area contributed by atoms with Gasteiger partial charge in [-0.05, 0) is 64.4 Å². The number of aromatic nitrogens is 1. The van der Waals surface area contributed by atoms with Gasteiger partial charge in [-0.15, -0.1) is 11.3 Å². The highest BCUT2D eigenvalue weighted by molar-refractivity contribution is 7.22. The number of fused-ring (bicyclic) bond motifs is 2. The molecule has 0 fully saturated rings. The topological polar surface area (TPSA) is 17.2 Å². The van der Waals surface area contributed by atoms with E-state index in [1.807, 2.05) is 18.3 Å². The first kappa shape index (κ1) is 19.5. The van der Waals surface area contributed by atoms with Gasteiger partial charge in [0, 0.05) is 16.6 Å². The predicted octanol–water partition coefficient (Wildman–Crippen LogP) is 8.77. The van der Waals surface area contributed by atoms with Gasteiger partial charge in [-0.25, -0.2) is 4.85 Å². The Labute approximate surface area is 186 Å². The Morgan fingerprint density at radius 1 is 0.935 bits per heavy atom. The van der Waals surface area contributed by atoms with E-state index in [1.54, 1.807) is 11.3 Å². The lowest BCUT2D eigenvalue weighted by Crippen LogP contribution is -1.92. The van der Waals surface area contributed by atoms with Crippen LogP contribution < -0.4 is 0 Å². The number of rotatable bonds is 3. The van der Waals surface area contributed by atoms with Crippen molar-refractivity contribution < 1.29 is 0 Å². The van der Waals surface area contributed by atoms with Crippen LogP contribution in [0, 0.1) is 13.5 Å². The maximum Gasteiger partial charge on any atom is 0.187 e. The summed E-state index contributed by atoms with van der Waals surface area (Å²) in [4.78, 5) is 9.58. The molecule has 0 unspecified atom stereocenters. The van der Waals surface area contributed by atoms with Gasteiger partial charge in [0.05, 0.1) is 17.0 Å². The van der Waals surface area contributed by atoms with Crippen molar-refractivity contribution in [3.05, 3.63) is 95.5 Å². The van der Waals surface area contributed by atoms with Gasteiger partial charge in [-0.2, -0.15) is 0 Å². The van der Waals surface area contributed by atoms with Gasteiger partial charge in [0.2, 0.25) is 0 Å². The summed E-state index contributed by atoms with van der Waals surface area (Å²) in [6.45, 7) is 13.8. The number of hydrogen-bond acceptors (Lipinski definition) is 2. The van der Waals surface area contributed by atoms with Gasteiger partial charge >= 0.3 is 0 Å². The van der Waals surface area contributed by atoms with Gasteiger partial charge < -0.3 is 0 Å². The van der Waals surface area contributed by atoms with Crippen molar-refractivity contribution >= 4 is 37.9 Å². The Morgan fingerprint density at radius 3 is 2.55 bits per heavy atom. The quantitative estimate of drug-likeness (QED) is 0.268. The molecule has 3 heteroatoms. The molecule has 0 atom stereocenters. The van der Waals surface area contributed by atoms with Crippen molar-refractivity contribution in [1.82, 2.24) is 4.98 Å². The van der Waals surface area contributed by atoms with E-state index in [4.69, 9.17) is 11.6 Å². The first-order chi connectivity index (χ1) is 15.0. The number of aryl methyl sites for hydroxylation is 1. The monoisotopic (exact) mass is 418 g/mol. The van der Waals surface area contributed by atoms with Crippen LogP contribution in [-0.4, -0.2) is 4.98 Å². The summed E-state index contributed by atoms with van der Waals surface area (Å²) in [5.41, 5.74) is 6.55. The molecular weight excluding hydrogens is 396 g/mol. The molecule has 0 aliphatic rings. The van der Waals surface area contributed by atoms with E-state index >= 15 is 0 Å². The molecule has 150 valence electrons. The number of hydrogen-bond donors (Lipinski definition) is 0. The van der Waals surface area contributed by atoms with E-state index in [-0.39, 0.29) is 0 Å². The first-order valence-electron chi connectivity index (χ1n) is 10.5. The van der Waals surface area contributed by atoms with Crippen LogP contribution in [-0.2, 0) is 0 Å². The minimum atomic E-state index is 0.437. The number of pyridine rings is 1. The molecule has 5 aromatic rings. The largest absolute Gasteiger partial charge is 0.255 e. The minimum Gasteiger partial charge on any atom is -0.255 e. The first-order valence-corrected chi connectivity index (χ1v) is 11.3. The smallest absolute Gasteiger partial charge is 0.187 e. The molecule has 0 aliphatic heterocycles. The third-order valence-corrected chi connectivity index (χ3v) is 7.02. The molecule has 2 nitrogen and oxygen atoms in total. The van der Waals surface area contributed by atoms with E-state index in [0.29, 0.717) is 11.6 Å². The van der Waals surface area contributed by atoms with Crippen LogP contribution in [0.1, 0.15) is 30.9 Å². The third-order valence-electron chi connectivity index (χ3n) is 5.83. The molecule has 2 aromatic heterocycles. The van der Waals surface area contributed by atoms with Crippen LogP contribution in [0.2, 0.25) is 0 Å². The molecular formula is C28H22N2S. The third kappa shape index (κ3) is 3.40. The van der Waals surface area contributed by atoms with Crippen LogP contribution in [0.3, 0.4) is 0 Å². The van der Waals surface area contributed by atoms with Gasteiger partial charge in [0.15, 0.2) is 5.69 Å². The predicted molar refractivity (Wildman–Crippen MR) is 133 cm³/mol. The maximum atomic E-state index is 7.25. The Morgan fingerprint density at radius 2 is 1.77 bits per heavy atom. The summed E-state index contributed by atoms with van der Waals surface area (Å²) < 4.78 is 1.20. The van der Waals surface area contributed by atoms with Crippen LogP contribution in [0.15, 0.2) is 72.9 Å². The molecule has 0 spiro atoms. The fraction of sp³-hybridized carbons (Fsp3) is 0.143. The highest BCUT2D eigenvalue weighted by Crippen LogP contribution is 2.41. The second-order valence-corrected chi connectivity index (χ2v) is 9.29. The highest BCUT2D eigenvalue weighted by Gasteiger charge is 2.15. The molecule has 0 saturated carbocycles. The lowest BCUT2D eigenvalue weighted by Gasteiger charge is -2.13. The van der Waals surface area contributed by atoms with Gasteiger partial charge in [-0.1, -0.05) is 61.9 Å². The SMILES string of the molecule is [C-]#[N+]c1ccc(-c2cc3ccnc(-c4cc(C(C)C)c5ccccc5c4)c3s2)c(C)c1. The van der Waals surface area contributed by atoms with E-state index in [1.165, 1.54) is 42.4 Å². The van der Waals surface area contributed by atoms with Crippen molar-refractivity contribution in [3.63, 3.8) is 0 Å². The second kappa shape index (κ2) is 7.65. The molecule has 3 aromatic carbocycles. The van der Waals surface area contributed by atoms with Crippen molar-refractivity contribution in [1.29, 1.82) is 0 Å². The number of benzene rings is 3. The average molecular weight is 419 g/mol. The molecule has 0 amide bonds. The molecule has 0 saturated heterocycles. The van der Waals surface area contributed by atoms with E-state index < -0.39 is 0 Å². The summed E-state index contributed by atoms with van der Waals surface area (Å²) in [6, 6.07) is 23.4. The summed E-state index contributed by atoms with van der Waals surface area (Å²) in [7, 11) is 0. The van der Waals surface area contributed by atoms with Crippen molar-refractivity contribution in [2.45, 2.75) is 26.7 Å². The summed E-state index contributed by atoms with van der Waals surface area (Å²) in [5, 5.41) is 3.78. The Balaban J connectivity index is 1.71. The lowest BCUT2D eigenvalue weighted by molar-refractivity contribution is 0.876. The van der Waals surface area contributed by atoms with Gasteiger partial charge in [0.25, 0.3) is 0 Å². The van der Waals surface area contributed by atoms with Crippen LogP contribution in [0.5, 0.6) is 0 Å². The number of nitrogens with zero attached hydrogens (tertiary/aromatic N) is 2. The summed E-state index contributed by atoms with van der Waals surface area (Å²) in [5.74, 6) is 0.437. The Hall–Kier alpha value is -3.48. The fourth-order valence-corrected chi connectivity index (χ4v) is 5.51. The molecule has 5 rings (SSSR count). The molecule has 31 heavy (non-hydrogen) atoms. The second-order valence-electron chi connectivity index (χ2n) is 8.24. The lowest BCUT2D eigenvalue weighted by atomic mass is 9.92.